The summed E-state index contributed by atoms with van der Waals surface area (Å²) in [5, 5.41) is 5.00. The second kappa shape index (κ2) is 8.52. The lowest BCUT2D eigenvalue weighted by Gasteiger charge is -2.13. The molecule has 3 aromatic rings. The van der Waals surface area contributed by atoms with Gasteiger partial charge in [-0.2, -0.15) is 0 Å². The number of halogens is 1. The maximum absolute atomic E-state index is 14.1. The first-order valence-corrected chi connectivity index (χ1v) is 10.3. The van der Waals surface area contributed by atoms with Crippen molar-refractivity contribution < 1.29 is 13.9 Å². The zero-order chi connectivity index (χ0) is 19.3. The quantitative estimate of drug-likeness (QED) is 0.644. The Morgan fingerprint density at radius 1 is 1.32 bits per heavy atom. The number of benzene rings is 1. The number of ether oxygens (including phenoxy) is 1. The molecule has 6 heteroatoms. The highest BCUT2D eigenvalue weighted by Gasteiger charge is 2.27. The third kappa shape index (κ3) is 4.39. The van der Waals surface area contributed by atoms with Crippen molar-refractivity contribution >= 4 is 17.2 Å². The van der Waals surface area contributed by atoms with Crippen LogP contribution in [0.2, 0.25) is 0 Å². The average molecular weight is 396 g/mol. The lowest BCUT2D eigenvalue weighted by atomic mass is 10.0. The molecule has 0 fully saturated rings. The highest BCUT2D eigenvalue weighted by Crippen LogP contribution is 2.39. The van der Waals surface area contributed by atoms with Gasteiger partial charge in [-0.25, -0.2) is 4.39 Å². The number of pyridine rings is 1. The SMILES string of the molecule is O=C(CCCc1cccs1)NCC1Cc2cc(F)cc(-c3cccnc3)c2O1. The van der Waals surface area contributed by atoms with Crippen molar-refractivity contribution in [1.29, 1.82) is 0 Å². The van der Waals surface area contributed by atoms with Crippen LogP contribution in [0.4, 0.5) is 4.39 Å². The Labute approximate surface area is 167 Å². The fourth-order valence-corrected chi connectivity index (χ4v) is 4.19. The van der Waals surface area contributed by atoms with Crippen molar-refractivity contribution in [2.75, 3.05) is 6.54 Å². The van der Waals surface area contributed by atoms with Gasteiger partial charge in [0.2, 0.25) is 5.91 Å². The molecule has 144 valence electrons. The summed E-state index contributed by atoms with van der Waals surface area (Å²) in [5.41, 5.74) is 2.35. The summed E-state index contributed by atoms with van der Waals surface area (Å²) in [5.74, 6) is 0.417. The van der Waals surface area contributed by atoms with Crippen LogP contribution in [0.1, 0.15) is 23.3 Å². The van der Waals surface area contributed by atoms with Gasteiger partial charge in [0, 0.05) is 46.8 Å². The second-order valence-corrected chi connectivity index (χ2v) is 7.90. The van der Waals surface area contributed by atoms with Gasteiger partial charge in [-0.1, -0.05) is 12.1 Å². The molecular weight excluding hydrogens is 375 g/mol. The van der Waals surface area contributed by atoms with E-state index in [9.17, 15) is 9.18 Å². The second-order valence-electron chi connectivity index (χ2n) is 6.86. The first kappa shape index (κ1) is 18.6. The van der Waals surface area contributed by atoms with Gasteiger partial charge in [0.25, 0.3) is 0 Å². The van der Waals surface area contributed by atoms with E-state index in [1.807, 2.05) is 23.6 Å². The first-order valence-electron chi connectivity index (χ1n) is 9.37. The largest absolute Gasteiger partial charge is 0.487 e. The molecule has 0 saturated carbocycles. The van der Waals surface area contributed by atoms with E-state index in [0.717, 1.165) is 24.0 Å². The third-order valence-electron chi connectivity index (χ3n) is 4.77. The highest BCUT2D eigenvalue weighted by molar-refractivity contribution is 7.09. The minimum Gasteiger partial charge on any atom is -0.487 e. The van der Waals surface area contributed by atoms with E-state index in [1.165, 1.54) is 17.0 Å². The van der Waals surface area contributed by atoms with Crippen molar-refractivity contribution in [3.05, 3.63) is 70.4 Å². The van der Waals surface area contributed by atoms with Crippen LogP contribution in [-0.4, -0.2) is 23.5 Å². The van der Waals surface area contributed by atoms with Gasteiger partial charge in [-0.15, -0.1) is 11.3 Å². The Kier molecular flexibility index (Phi) is 5.67. The van der Waals surface area contributed by atoms with Crippen molar-refractivity contribution in [2.45, 2.75) is 31.8 Å². The molecular formula is C22H21FN2O2S. The maximum atomic E-state index is 14.1. The van der Waals surface area contributed by atoms with Crippen LogP contribution < -0.4 is 10.1 Å². The first-order chi connectivity index (χ1) is 13.7. The maximum Gasteiger partial charge on any atom is 0.220 e. The molecule has 28 heavy (non-hydrogen) atoms. The van der Waals surface area contributed by atoms with Gasteiger partial charge in [-0.05, 0) is 42.5 Å². The van der Waals surface area contributed by atoms with E-state index < -0.39 is 0 Å². The topological polar surface area (TPSA) is 51.2 Å². The molecule has 0 aliphatic carbocycles. The number of nitrogens with zero attached hydrogens (tertiary/aromatic N) is 1. The Bertz CT molecular complexity index is 945. The molecule has 1 aliphatic heterocycles. The fraction of sp³-hybridized carbons (Fsp3) is 0.273. The van der Waals surface area contributed by atoms with E-state index in [2.05, 4.69) is 16.4 Å². The number of hydrogen-bond acceptors (Lipinski definition) is 4. The Balaban J connectivity index is 1.33. The number of amides is 1. The predicted molar refractivity (Wildman–Crippen MR) is 108 cm³/mol. The molecule has 4 nitrogen and oxygen atoms in total. The van der Waals surface area contributed by atoms with E-state index in [4.69, 9.17) is 4.74 Å². The van der Waals surface area contributed by atoms with E-state index in [1.54, 1.807) is 23.7 Å². The number of aromatic nitrogens is 1. The monoisotopic (exact) mass is 396 g/mol. The zero-order valence-corrected chi connectivity index (χ0v) is 16.2. The number of rotatable bonds is 7. The third-order valence-corrected chi connectivity index (χ3v) is 5.71. The molecule has 2 aromatic heterocycles. The summed E-state index contributed by atoms with van der Waals surface area (Å²) in [4.78, 5) is 17.5. The summed E-state index contributed by atoms with van der Waals surface area (Å²) < 4.78 is 20.1. The highest BCUT2D eigenvalue weighted by atomic mass is 32.1. The van der Waals surface area contributed by atoms with Crippen LogP contribution in [0.3, 0.4) is 0 Å². The number of aryl methyl sites for hydroxylation is 1. The zero-order valence-electron chi connectivity index (χ0n) is 15.4. The fourth-order valence-electron chi connectivity index (χ4n) is 3.44. The normalized spacial score (nSPS) is 15.1. The number of carbonyl (C=O) groups excluding carboxylic acids is 1. The van der Waals surface area contributed by atoms with E-state index in [-0.39, 0.29) is 17.8 Å². The van der Waals surface area contributed by atoms with Crippen molar-refractivity contribution in [3.8, 4) is 16.9 Å². The number of nitrogens with one attached hydrogen (secondary N) is 1. The molecule has 1 amide bonds. The van der Waals surface area contributed by atoms with Crippen LogP contribution in [0.25, 0.3) is 11.1 Å². The summed E-state index contributed by atoms with van der Waals surface area (Å²) in [7, 11) is 0. The van der Waals surface area contributed by atoms with Crippen molar-refractivity contribution in [3.63, 3.8) is 0 Å². The molecule has 4 rings (SSSR count). The molecule has 0 bridgehead atoms. The molecule has 1 aromatic carbocycles. The number of fused-ring (bicyclic) bond motifs is 1. The standard InChI is InChI=1S/C22H21FN2O2S/c23-17-10-16-11-18(14-25-21(26)7-1-5-19-6-3-9-28-19)27-22(16)20(12-17)15-4-2-8-24-13-15/h2-4,6,8-10,12-13,18H,1,5,7,11,14H2,(H,25,26). The lowest BCUT2D eigenvalue weighted by Crippen LogP contribution is -2.34. The van der Waals surface area contributed by atoms with Gasteiger partial charge >= 0.3 is 0 Å². The average Bonchev–Trinajstić information content (AvgIpc) is 3.36. The molecule has 1 atom stereocenters. The molecule has 1 aliphatic rings. The number of carbonyl (C=O) groups is 1. The van der Waals surface area contributed by atoms with Gasteiger partial charge < -0.3 is 10.1 Å². The Morgan fingerprint density at radius 3 is 3.04 bits per heavy atom. The molecule has 1 N–H and O–H groups in total. The predicted octanol–water partition coefficient (Wildman–Crippen LogP) is 4.39. The molecule has 1 unspecified atom stereocenters. The Morgan fingerprint density at radius 2 is 2.25 bits per heavy atom. The van der Waals surface area contributed by atoms with Crippen LogP contribution in [-0.2, 0) is 17.6 Å². The summed E-state index contributed by atoms with van der Waals surface area (Å²) >= 11 is 1.72. The summed E-state index contributed by atoms with van der Waals surface area (Å²) in [6.07, 6.45) is 6.01. The van der Waals surface area contributed by atoms with Gasteiger partial charge in [0.15, 0.2) is 0 Å². The van der Waals surface area contributed by atoms with Crippen molar-refractivity contribution in [2.24, 2.45) is 0 Å². The van der Waals surface area contributed by atoms with Gasteiger partial charge in [0.1, 0.15) is 17.7 Å². The van der Waals surface area contributed by atoms with Crippen LogP contribution in [0.5, 0.6) is 5.75 Å². The van der Waals surface area contributed by atoms with Crippen LogP contribution >= 0.6 is 11.3 Å². The Hall–Kier alpha value is -2.73. The molecule has 0 saturated heterocycles. The minimum absolute atomic E-state index is 0.0229. The lowest BCUT2D eigenvalue weighted by molar-refractivity contribution is -0.121. The summed E-state index contributed by atoms with van der Waals surface area (Å²) in [6, 6.07) is 10.8. The molecule has 3 heterocycles. The number of hydrogen-bond donors (Lipinski definition) is 1. The van der Waals surface area contributed by atoms with E-state index in [0.29, 0.717) is 30.7 Å². The van der Waals surface area contributed by atoms with Crippen molar-refractivity contribution in [1.82, 2.24) is 10.3 Å². The van der Waals surface area contributed by atoms with Crippen LogP contribution in [0.15, 0.2) is 54.2 Å². The van der Waals surface area contributed by atoms with Crippen LogP contribution in [0, 0.1) is 5.82 Å². The smallest absolute Gasteiger partial charge is 0.220 e. The minimum atomic E-state index is -0.292. The molecule has 0 radical (unpaired) electrons. The molecule has 0 spiro atoms. The van der Waals surface area contributed by atoms with Gasteiger partial charge in [0.05, 0.1) is 6.54 Å². The number of thiophene rings is 1. The van der Waals surface area contributed by atoms with Gasteiger partial charge in [-0.3, -0.25) is 9.78 Å². The summed E-state index contributed by atoms with van der Waals surface area (Å²) in [6.45, 7) is 0.417. The van der Waals surface area contributed by atoms with E-state index >= 15 is 0 Å².